The van der Waals surface area contributed by atoms with Crippen LogP contribution in [0.3, 0.4) is 0 Å². The molecule has 21 heavy (non-hydrogen) atoms. The molecule has 110 valence electrons. The lowest BCUT2D eigenvalue weighted by atomic mass is 10.1. The number of ether oxygens (including phenoxy) is 1. The number of benzene rings is 2. The molecule has 0 saturated heterocycles. The van der Waals surface area contributed by atoms with Crippen LogP contribution in [0.1, 0.15) is 11.1 Å². The van der Waals surface area contributed by atoms with Crippen LogP contribution in [0.4, 0.5) is 11.4 Å². The van der Waals surface area contributed by atoms with E-state index in [4.69, 9.17) is 22.1 Å². The first kappa shape index (κ1) is 14.1. The SMILES string of the molecule is Cc1cc(Cl)ccc1OCCN1CCc2ccc(N)cc21. The fourth-order valence-corrected chi connectivity index (χ4v) is 2.96. The molecule has 0 fully saturated rings. The average molecular weight is 303 g/mol. The lowest BCUT2D eigenvalue weighted by Gasteiger charge is -2.20. The zero-order valence-electron chi connectivity index (χ0n) is 12.1. The van der Waals surface area contributed by atoms with Gasteiger partial charge in [-0.25, -0.2) is 0 Å². The summed E-state index contributed by atoms with van der Waals surface area (Å²) in [5.74, 6) is 0.895. The molecule has 4 heteroatoms. The summed E-state index contributed by atoms with van der Waals surface area (Å²) in [6.07, 6.45) is 1.08. The molecule has 2 N–H and O–H groups in total. The van der Waals surface area contributed by atoms with Gasteiger partial charge in [0.25, 0.3) is 0 Å². The molecule has 3 rings (SSSR count). The third kappa shape index (κ3) is 3.08. The topological polar surface area (TPSA) is 38.5 Å². The van der Waals surface area contributed by atoms with E-state index in [1.807, 2.05) is 31.2 Å². The van der Waals surface area contributed by atoms with E-state index >= 15 is 0 Å². The van der Waals surface area contributed by atoms with Crippen LogP contribution in [0, 0.1) is 6.92 Å². The van der Waals surface area contributed by atoms with Gasteiger partial charge in [0, 0.05) is 22.9 Å². The fraction of sp³-hybridized carbons (Fsp3) is 0.294. The van der Waals surface area contributed by atoms with Gasteiger partial charge in [0.05, 0.1) is 6.54 Å². The van der Waals surface area contributed by atoms with Crippen molar-refractivity contribution in [1.82, 2.24) is 0 Å². The number of rotatable bonds is 4. The molecule has 0 amide bonds. The zero-order chi connectivity index (χ0) is 14.8. The van der Waals surface area contributed by atoms with E-state index in [-0.39, 0.29) is 0 Å². The van der Waals surface area contributed by atoms with E-state index in [1.54, 1.807) is 0 Å². The van der Waals surface area contributed by atoms with Crippen LogP contribution >= 0.6 is 11.6 Å². The zero-order valence-corrected chi connectivity index (χ0v) is 12.9. The van der Waals surface area contributed by atoms with Gasteiger partial charge in [-0.05, 0) is 54.8 Å². The van der Waals surface area contributed by atoms with Gasteiger partial charge in [0.1, 0.15) is 12.4 Å². The highest BCUT2D eigenvalue weighted by atomic mass is 35.5. The number of fused-ring (bicyclic) bond motifs is 1. The quantitative estimate of drug-likeness (QED) is 0.876. The maximum absolute atomic E-state index is 5.95. The van der Waals surface area contributed by atoms with E-state index in [9.17, 15) is 0 Å². The molecule has 0 bridgehead atoms. The van der Waals surface area contributed by atoms with Crippen molar-refractivity contribution < 1.29 is 4.74 Å². The van der Waals surface area contributed by atoms with Crippen molar-refractivity contribution in [3.05, 3.63) is 52.5 Å². The van der Waals surface area contributed by atoms with Crippen molar-refractivity contribution in [2.75, 3.05) is 30.3 Å². The number of nitrogen functional groups attached to an aromatic ring is 1. The lowest BCUT2D eigenvalue weighted by molar-refractivity contribution is 0.322. The van der Waals surface area contributed by atoms with E-state index in [2.05, 4.69) is 17.0 Å². The molecule has 2 aromatic rings. The summed E-state index contributed by atoms with van der Waals surface area (Å²) < 4.78 is 5.87. The summed E-state index contributed by atoms with van der Waals surface area (Å²) in [4.78, 5) is 2.33. The predicted octanol–water partition coefficient (Wildman–Crippen LogP) is 3.67. The maximum atomic E-state index is 5.95. The molecule has 0 radical (unpaired) electrons. The highest BCUT2D eigenvalue weighted by Gasteiger charge is 2.18. The van der Waals surface area contributed by atoms with Gasteiger partial charge < -0.3 is 15.4 Å². The van der Waals surface area contributed by atoms with Gasteiger partial charge in [0.15, 0.2) is 0 Å². The lowest BCUT2D eigenvalue weighted by Crippen LogP contribution is -2.26. The fourth-order valence-electron chi connectivity index (χ4n) is 2.74. The minimum atomic E-state index is 0.650. The number of hydrogen-bond acceptors (Lipinski definition) is 3. The molecule has 2 aromatic carbocycles. The second-order valence-electron chi connectivity index (χ2n) is 5.38. The van der Waals surface area contributed by atoms with Gasteiger partial charge in [-0.3, -0.25) is 0 Å². The molecular weight excluding hydrogens is 284 g/mol. The van der Waals surface area contributed by atoms with E-state index in [0.717, 1.165) is 41.5 Å². The Morgan fingerprint density at radius 3 is 2.90 bits per heavy atom. The first-order valence-electron chi connectivity index (χ1n) is 7.16. The Morgan fingerprint density at radius 2 is 2.10 bits per heavy atom. The number of nitrogens with two attached hydrogens (primary N) is 1. The maximum Gasteiger partial charge on any atom is 0.122 e. The highest BCUT2D eigenvalue weighted by Crippen LogP contribution is 2.29. The second-order valence-corrected chi connectivity index (χ2v) is 5.82. The first-order valence-corrected chi connectivity index (χ1v) is 7.53. The molecule has 3 nitrogen and oxygen atoms in total. The molecule has 0 saturated carbocycles. The van der Waals surface area contributed by atoms with E-state index in [1.165, 1.54) is 11.3 Å². The third-order valence-electron chi connectivity index (χ3n) is 3.86. The van der Waals surface area contributed by atoms with Gasteiger partial charge in [0.2, 0.25) is 0 Å². The average Bonchev–Trinajstić information content (AvgIpc) is 2.84. The number of aryl methyl sites for hydroxylation is 1. The standard InChI is InChI=1S/C17H19ClN2O/c1-12-10-14(18)3-5-17(12)21-9-8-20-7-6-13-2-4-15(19)11-16(13)20/h2-5,10-11H,6-9,19H2,1H3. The van der Waals surface area contributed by atoms with Gasteiger partial charge >= 0.3 is 0 Å². The van der Waals surface area contributed by atoms with Crippen LogP contribution in [0.25, 0.3) is 0 Å². The van der Waals surface area contributed by atoms with Crippen molar-refractivity contribution in [2.24, 2.45) is 0 Å². The Labute approximate surface area is 130 Å². The highest BCUT2D eigenvalue weighted by molar-refractivity contribution is 6.30. The monoisotopic (exact) mass is 302 g/mol. The normalized spacial score (nSPS) is 13.3. The van der Waals surface area contributed by atoms with Crippen molar-refractivity contribution in [1.29, 1.82) is 0 Å². The van der Waals surface area contributed by atoms with Crippen LogP contribution in [-0.4, -0.2) is 19.7 Å². The largest absolute Gasteiger partial charge is 0.491 e. The van der Waals surface area contributed by atoms with Crippen LogP contribution in [0.2, 0.25) is 5.02 Å². The molecule has 1 heterocycles. The molecule has 1 aliphatic heterocycles. The Morgan fingerprint density at radius 1 is 1.24 bits per heavy atom. The summed E-state index contributed by atoms with van der Waals surface area (Å²) in [6, 6.07) is 11.8. The predicted molar refractivity (Wildman–Crippen MR) is 88.5 cm³/mol. The Bertz CT molecular complexity index is 657. The van der Waals surface area contributed by atoms with E-state index in [0.29, 0.717) is 6.61 Å². The molecule has 1 aliphatic rings. The first-order chi connectivity index (χ1) is 10.1. The van der Waals surface area contributed by atoms with Gasteiger partial charge in [-0.1, -0.05) is 17.7 Å². The number of hydrogen-bond donors (Lipinski definition) is 1. The second kappa shape index (κ2) is 5.86. The van der Waals surface area contributed by atoms with Crippen LogP contribution in [0.5, 0.6) is 5.75 Å². The van der Waals surface area contributed by atoms with Crippen LogP contribution in [-0.2, 0) is 6.42 Å². The summed E-state index contributed by atoms with van der Waals surface area (Å²) >= 11 is 5.95. The summed E-state index contributed by atoms with van der Waals surface area (Å²) in [5, 5.41) is 0.740. The van der Waals surface area contributed by atoms with Gasteiger partial charge in [-0.15, -0.1) is 0 Å². The number of anilines is 2. The molecule has 0 spiro atoms. The van der Waals surface area contributed by atoms with Crippen LogP contribution < -0.4 is 15.4 Å². The number of nitrogens with zero attached hydrogens (tertiary/aromatic N) is 1. The minimum Gasteiger partial charge on any atom is -0.491 e. The summed E-state index contributed by atoms with van der Waals surface area (Å²) in [7, 11) is 0. The molecule has 0 atom stereocenters. The van der Waals surface area contributed by atoms with Crippen molar-refractivity contribution >= 4 is 23.0 Å². The molecule has 0 aliphatic carbocycles. The number of halogens is 1. The van der Waals surface area contributed by atoms with Crippen molar-refractivity contribution in [3.8, 4) is 5.75 Å². The summed E-state index contributed by atoms with van der Waals surface area (Å²) in [6.45, 7) is 4.55. The van der Waals surface area contributed by atoms with Crippen molar-refractivity contribution in [3.63, 3.8) is 0 Å². The van der Waals surface area contributed by atoms with Gasteiger partial charge in [-0.2, -0.15) is 0 Å². The Balaban J connectivity index is 1.61. The Hall–Kier alpha value is -1.87. The van der Waals surface area contributed by atoms with E-state index < -0.39 is 0 Å². The molecular formula is C17H19ClN2O. The Kier molecular flexibility index (Phi) is 3.93. The minimum absolute atomic E-state index is 0.650. The third-order valence-corrected chi connectivity index (χ3v) is 4.09. The van der Waals surface area contributed by atoms with Crippen LogP contribution in [0.15, 0.2) is 36.4 Å². The molecule has 0 aromatic heterocycles. The smallest absolute Gasteiger partial charge is 0.122 e. The van der Waals surface area contributed by atoms with Crippen molar-refractivity contribution in [2.45, 2.75) is 13.3 Å². The summed E-state index contributed by atoms with van der Waals surface area (Å²) in [5.41, 5.74) is 10.4. The molecule has 0 unspecified atom stereocenters.